The Labute approximate surface area is 69.9 Å². The van der Waals surface area contributed by atoms with Gasteiger partial charge >= 0.3 is 0 Å². The third-order valence-electron chi connectivity index (χ3n) is 0.659. The minimum Gasteiger partial charge on any atom is -0.410 e. The van der Waals surface area contributed by atoms with Gasteiger partial charge in [-0.25, -0.2) is 0 Å². The lowest BCUT2D eigenvalue weighted by Gasteiger charge is -1.91. The van der Waals surface area contributed by atoms with Crippen LogP contribution in [0.5, 0.6) is 0 Å². The third kappa shape index (κ3) is 5.98. The molecule has 0 saturated heterocycles. The van der Waals surface area contributed by atoms with Gasteiger partial charge in [-0.3, -0.25) is 5.41 Å². The highest BCUT2D eigenvalue weighted by molar-refractivity contribution is 9.18. The Morgan fingerprint density at radius 3 is 2.33 bits per heavy atom. The Balaban J connectivity index is 3.39. The average molecular weight is 258 g/mol. The van der Waals surface area contributed by atoms with Crippen LogP contribution in [-0.2, 0) is 0 Å². The van der Waals surface area contributed by atoms with Crippen molar-refractivity contribution in [2.24, 2.45) is 5.16 Å². The Kier molecular flexibility index (Phi) is 4.99. The van der Waals surface area contributed by atoms with Crippen LogP contribution in [0.4, 0.5) is 0 Å². The summed E-state index contributed by atoms with van der Waals surface area (Å²) in [6, 6.07) is 0. The third-order valence-corrected chi connectivity index (χ3v) is 1.61. The Bertz CT molecular complexity index is 135. The van der Waals surface area contributed by atoms with Crippen molar-refractivity contribution < 1.29 is 5.21 Å². The summed E-state index contributed by atoms with van der Waals surface area (Å²) >= 11 is 5.95. The van der Waals surface area contributed by atoms with E-state index < -0.39 is 0 Å². The van der Waals surface area contributed by atoms with Crippen molar-refractivity contribution in [1.82, 2.24) is 0 Å². The molecule has 0 spiro atoms. The van der Waals surface area contributed by atoms with E-state index in [1.165, 1.54) is 0 Å². The molecule has 0 aromatic rings. The number of halogens is 2. The normalized spacial score (nSPS) is 11.6. The van der Waals surface area contributed by atoms with Crippen molar-refractivity contribution in [2.75, 3.05) is 0 Å². The van der Waals surface area contributed by atoms with Gasteiger partial charge in [0, 0.05) is 12.8 Å². The molecule has 0 aromatic heterocycles. The predicted molar refractivity (Wildman–Crippen MR) is 44.0 cm³/mol. The molecule has 5 heteroatoms. The molecular formula is C4H6Br2N2O. The second-order valence-electron chi connectivity index (χ2n) is 1.38. The summed E-state index contributed by atoms with van der Waals surface area (Å²) in [5.41, 5.74) is 0. The highest BCUT2D eigenvalue weighted by Gasteiger charge is 1.95. The Morgan fingerprint density at radius 1 is 1.44 bits per heavy atom. The SMILES string of the molecule is N=C(Br)CCC(Br)=NO. The minimum atomic E-state index is 0.406. The number of nitrogens with zero attached hydrogens (tertiary/aromatic N) is 1. The maximum Gasteiger partial charge on any atom is 0.122 e. The summed E-state index contributed by atoms with van der Waals surface area (Å²) < 4.78 is 0.870. The molecule has 52 valence electrons. The Hall–Kier alpha value is 0.1000. The van der Waals surface area contributed by atoms with Gasteiger partial charge in [0.05, 0.1) is 4.62 Å². The summed E-state index contributed by atoms with van der Waals surface area (Å²) in [6.45, 7) is 0. The molecule has 0 atom stereocenters. The van der Waals surface area contributed by atoms with Crippen LogP contribution in [0.25, 0.3) is 0 Å². The molecule has 3 nitrogen and oxygen atoms in total. The molecule has 0 unspecified atom stereocenters. The first-order valence-corrected chi connectivity index (χ1v) is 3.84. The fourth-order valence-electron chi connectivity index (χ4n) is 0.263. The monoisotopic (exact) mass is 256 g/mol. The van der Waals surface area contributed by atoms with Gasteiger partial charge in [0.1, 0.15) is 4.62 Å². The van der Waals surface area contributed by atoms with E-state index in [4.69, 9.17) is 10.6 Å². The van der Waals surface area contributed by atoms with Crippen LogP contribution in [-0.4, -0.2) is 14.4 Å². The van der Waals surface area contributed by atoms with E-state index in [9.17, 15) is 0 Å². The van der Waals surface area contributed by atoms with Gasteiger partial charge in [0.2, 0.25) is 0 Å². The summed E-state index contributed by atoms with van der Waals surface area (Å²) in [6.07, 6.45) is 1.12. The number of rotatable bonds is 3. The zero-order valence-corrected chi connectivity index (χ0v) is 7.74. The number of oxime groups is 1. The molecule has 0 amide bonds. The largest absolute Gasteiger partial charge is 0.410 e. The van der Waals surface area contributed by atoms with E-state index in [0.717, 1.165) is 0 Å². The van der Waals surface area contributed by atoms with Crippen molar-refractivity contribution in [3.05, 3.63) is 0 Å². The maximum absolute atomic E-state index is 8.10. The lowest BCUT2D eigenvalue weighted by Crippen LogP contribution is -1.90. The van der Waals surface area contributed by atoms with E-state index in [2.05, 4.69) is 37.0 Å². The molecule has 0 aromatic carbocycles. The van der Waals surface area contributed by atoms with Gasteiger partial charge in [0.25, 0.3) is 0 Å². The molecule has 0 aliphatic heterocycles. The summed E-state index contributed by atoms with van der Waals surface area (Å²) in [5.74, 6) is 0. The summed E-state index contributed by atoms with van der Waals surface area (Å²) in [5, 5.41) is 17.9. The van der Waals surface area contributed by atoms with Gasteiger partial charge in [0.15, 0.2) is 0 Å². The van der Waals surface area contributed by atoms with Gasteiger partial charge < -0.3 is 5.21 Å². The number of hydrogen-bond acceptors (Lipinski definition) is 3. The molecule has 0 aliphatic rings. The van der Waals surface area contributed by atoms with Gasteiger partial charge in [-0.05, 0) is 31.9 Å². The second-order valence-corrected chi connectivity index (χ2v) is 3.25. The van der Waals surface area contributed by atoms with Crippen molar-refractivity contribution in [1.29, 1.82) is 5.41 Å². The highest BCUT2D eigenvalue weighted by Crippen LogP contribution is 2.03. The molecule has 0 saturated carbocycles. The average Bonchev–Trinajstić information content (AvgIpc) is 1.83. The van der Waals surface area contributed by atoms with Crippen molar-refractivity contribution in [3.8, 4) is 0 Å². The predicted octanol–water partition coefficient (Wildman–Crippen LogP) is 2.32. The maximum atomic E-state index is 8.10. The lowest BCUT2D eigenvalue weighted by atomic mass is 10.3. The van der Waals surface area contributed by atoms with Crippen molar-refractivity contribution in [3.63, 3.8) is 0 Å². The lowest BCUT2D eigenvalue weighted by molar-refractivity contribution is 0.320. The van der Waals surface area contributed by atoms with Gasteiger partial charge in [-0.1, -0.05) is 5.16 Å². The first-order chi connectivity index (χ1) is 4.16. The first-order valence-electron chi connectivity index (χ1n) is 2.26. The fraction of sp³-hybridized carbons (Fsp3) is 0.500. The molecule has 0 bridgehead atoms. The molecule has 0 aliphatic carbocycles. The minimum absolute atomic E-state index is 0.406. The molecule has 0 heterocycles. The quantitative estimate of drug-likeness (QED) is 0.455. The topological polar surface area (TPSA) is 56.4 Å². The van der Waals surface area contributed by atoms with Crippen molar-refractivity contribution in [2.45, 2.75) is 12.8 Å². The zero-order valence-electron chi connectivity index (χ0n) is 4.56. The molecule has 0 fully saturated rings. The summed E-state index contributed by atoms with van der Waals surface area (Å²) in [7, 11) is 0. The van der Waals surface area contributed by atoms with Gasteiger partial charge in [-0.2, -0.15) is 0 Å². The molecule has 9 heavy (non-hydrogen) atoms. The number of hydrogen-bond donors (Lipinski definition) is 2. The standard InChI is InChI=1S/C4H6Br2N2O/c5-3(7)1-2-4(6)8-9/h7,9H,1-2H2. The number of nitrogens with one attached hydrogen (secondary N) is 1. The van der Waals surface area contributed by atoms with E-state index in [-0.39, 0.29) is 0 Å². The first kappa shape index (κ1) is 9.10. The molecular weight excluding hydrogens is 252 g/mol. The Morgan fingerprint density at radius 2 is 2.00 bits per heavy atom. The van der Waals surface area contributed by atoms with Crippen LogP contribution >= 0.6 is 31.9 Å². The van der Waals surface area contributed by atoms with Crippen LogP contribution in [0.3, 0.4) is 0 Å². The van der Waals surface area contributed by atoms with Gasteiger partial charge in [-0.15, -0.1) is 0 Å². The van der Waals surface area contributed by atoms with E-state index in [1.807, 2.05) is 0 Å². The van der Waals surface area contributed by atoms with Crippen LogP contribution in [0, 0.1) is 5.41 Å². The fourth-order valence-corrected chi connectivity index (χ4v) is 0.659. The van der Waals surface area contributed by atoms with E-state index in [1.54, 1.807) is 0 Å². The van der Waals surface area contributed by atoms with Crippen LogP contribution in [0.1, 0.15) is 12.8 Å². The van der Waals surface area contributed by atoms with Crippen LogP contribution in [0.2, 0.25) is 0 Å². The van der Waals surface area contributed by atoms with Crippen molar-refractivity contribution >= 4 is 41.1 Å². The second kappa shape index (κ2) is 4.93. The zero-order chi connectivity index (χ0) is 7.28. The van der Waals surface area contributed by atoms with Crippen LogP contribution < -0.4 is 0 Å². The molecule has 2 N–H and O–H groups in total. The van der Waals surface area contributed by atoms with Crippen LogP contribution in [0.15, 0.2) is 5.16 Å². The highest BCUT2D eigenvalue weighted by atomic mass is 79.9. The summed E-state index contributed by atoms with van der Waals surface area (Å²) in [4.78, 5) is 0. The van der Waals surface area contributed by atoms with E-state index in [0.29, 0.717) is 22.1 Å². The smallest absolute Gasteiger partial charge is 0.122 e. The molecule has 0 radical (unpaired) electrons. The van der Waals surface area contributed by atoms with E-state index >= 15 is 0 Å². The molecule has 0 rings (SSSR count).